The van der Waals surface area contributed by atoms with Gasteiger partial charge in [0.05, 0.1) is 6.20 Å². The van der Waals surface area contributed by atoms with E-state index in [4.69, 9.17) is 5.73 Å². The van der Waals surface area contributed by atoms with Gasteiger partial charge in [-0.1, -0.05) is 11.3 Å². The highest BCUT2D eigenvalue weighted by atomic mass is 32.1. The summed E-state index contributed by atoms with van der Waals surface area (Å²) in [7, 11) is 0. The summed E-state index contributed by atoms with van der Waals surface area (Å²) in [5, 5.41) is 3.24. The van der Waals surface area contributed by atoms with Gasteiger partial charge in [0, 0.05) is 5.54 Å². The lowest BCUT2D eigenvalue weighted by molar-refractivity contribution is 0.0923. The topological polar surface area (TPSA) is 68.0 Å². The van der Waals surface area contributed by atoms with E-state index >= 15 is 0 Å². The predicted molar refractivity (Wildman–Crippen MR) is 53.7 cm³/mol. The Bertz CT molecular complexity index is 313. The molecule has 13 heavy (non-hydrogen) atoms. The van der Waals surface area contributed by atoms with Gasteiger partial charge in [-0.15, -0.1) is 0 Å². The number of nitrogen functional groups attached to an aromatic ring is 1. The number of nitrogens with two attached hydrogens (primary N) is 1. The highest BCUT2D eigenvalue weighted by Gasteiger charge is 2.16. The molecular weight excluding hydrogens is 186 g/mol. The second-order valence-corrected chi connectivity index (χ2v) is 4.83. The van der Waals surface area contributed by atoms with Crippen molar-refractivity contribution < 1.29 is 4.79 Å². The minimum absolute atomic E-state index is 0.123. The molecule has 1 rings (SSSR count). The maximum Gasteiger partial charge on any atom is 0.263 e. The molecule has 1 heterocycles. The Labute approximate surface area is 81.2 Å². The molecule has 1 aromatic heterocycles. The number of anilines is 1. The van der Waals surface area contributed by atoms with E-state index in [0.29, 0.717) is 10.0 Å². The number of nitrogens with one attached hydrogen (secondary N) is 1. The molecule has 72 valence electrons. The highest BCUT2D eigenvalue weighted by molar-refractivity contribution is 7.17. The average molecular weight is 199 g/mol. The van der Waals surface area contributed by atoms with Crippen LogP contribution in [0.5, 0.6) is 0 Å². The third-order valence-corrected chi connectivity index (χ3v) is 2.06. The molecule has 5 heteroatoms. The van der Waals surface area contributed by atoms with E-state index in [9.17, 15) is 4.79 Å². The van der Waals surface area contributed by atoms with Crippen molar-refractivity contribution >= 4 is 22.4 Å². The first kappa shape index (κ1) is 9.98. The van der Waals surface area contributed by atoms with Crippen LogP contribution in [0.25, 0.3) is 0 Å². The van der Waals surface area contributed by atoms with E-state index in [-0.39, 0.29) is 11.4 Å². The molecule has 1 amide bonds. The zero-order valence-electron chi connectivity index (χ0n) is 7.92. The van der Waals surface area contributed by atoms with Gasteiger partial charge in [0.25, 0.3) is 5.91 Å². The number of rotatable bonds is 1. The van der Waals surface area contributed by atoms with Crippen LogP contribution in [-0.2, 0) is 0 Å². The Hall–Kier alpha value is -1.10. The van der Waals surface area contributed by atoms with E-state index in [1.165, 1.54) is 17.5 Å². The summed E-state index contributed by atoms with van der Waals surface area (Å²) in [5.74, 6) is -0.123. The van der Waals surface area contributed by atoms with Crippen molar-refractivity contribution in [3.8, 4) is 0 Å². The predicted octanol–water partition coefficient (Wildman–Crippen LogP) is 1.25. The van der Waals surface area contributed by atoms with Crippen LogP contribution in [0.3, 0.4) is 0 Å². The lowest BCUT2D eigenvalue weighted by atomic mass is 10.1. The van der Waals surface area contributed by atoms with Crippen molar-refractivity contribution in [3.05, 3.63) is 11.1 Å². The average Bonchev–Trinajstić information content (AvgIpc) is 2.31. The van der Waals surface area contributed by atoms with Gasteiger partial charge in [0.1, 0.15) is 4.88 Å². The van der Waals surface area contributed by atoms with Crippen molar-refractivity contribution in [3.63, 3.8) is 0 Å². The first-order valence-electron chi connectivity index (χ1n) is 3.92. The SMILES string of the molecule is CC(C)(C)NC(=O)c1cnc(N)s1. The van der Waals surface area contributed by atoms with Gasteiger partial charge in [-0.25, -0.2) is 4.98 Å². The van der Waals surface area contributed by atoms with Crippen LogP contribution in [0.2, 0.25) is 0 Å². The summed E-state index contributed by atoms with van der Waals surface area (Å²) in [6, 6.07) is 0. The first-order chi connectivity index (χ1) is 5.88. The molecule has 4 nitrogen and oxygen atoms in total. The van der Waals surface area contributed by atoms with Gasteiger partial charge in [-0.2, -0.15) is 0 Å². The quantitative estimate of drug-likeness (QED) is 0.715. The molecule has 0 aliphatic rings. The molecule has 1 aromatic rings. The Kier molecular flexibility index (Phi) is 2.56. The largest absolute Gasteiger partial charge is 0.375 e. The molecule has 0 aromatic carbocycles. The van der Waals surface area contributed by atoms with Gasteiger partial charge in [-0.05, 0) is 20.8 Å². The summed E-state index contributed by atoms with van der Waals surface area (Å²) in [4.78, 5) is 15.8. The molecule has 0 fully saturated rings. The number of aromatic nitrogens is 1. The lowest BCUT2D eigenvalue weighted by Gasteiger charge is -2.19. The maximum atomic E-state index is 11.5. The van der Waals surface area contributed by atoms with Gasteiger partial charge >= 0.3 is 0 Å². The number of carbonyl (C=O) groups excluding carboxylic acids is 1. The maximum absolute atomic E-state index is 11.5. The van der Waals surface area contributed by atoms with Crippen LogP contribution >= 0.6 is 11.3 Å². The third-order valence-electron chi connectivity index (χ3n) is 1.24. The second-order valence-electron chi connectivity index (χ2n) is 3.77. The van der Waals surface area contributed by atoms with Crippen LogP contribution in [0.15, 0.2) is 6.20 Å². The molecule has 0 spiro atoms. The van der Waals surface area contributed by atoms with Crippen molar-refractivity contribution in [2.75, 3.05) is 5.73 Å². The molecule has 0 saturated carbocycles. The van der Waals surface area contributed by atoms with Gasteiger partial charge in [0.2, 0.25) is 0 Å². The second kappa shape index (κ2) is 3.33. The number of thiazole rings is 1. The van der Waals surface area contributed by atoms with E-state index in [1.807, 2.05) is 20.8 Å². The summed E-state index contributed by atoms with van der Waals surface area (Å²) >= 11 is 1.19. The normalized spacial score (nSPS) is 11.3. The van der Waals surface area contributed by atoms with Crippen molar-refractivity contribution in [1.29, 1.82) is 0 Å². The zero-order chi connectivity index (χ0) is 10.1. The number of hydrogen-bond donors (Lipinski definition) is 2. The van der Waals surface area contributed by atoms with Gasteiger partial charge < -0.3 is 11.1 Å². The van der Waals surface area contributed by atoms with Crippen LogP contribution in [-0.4, -0.2) is 16.4 Å². The zero-order valence-corrected chi connectivity index (χ0v) is 8.73. The van der Waals surface area contributed by atoms with Crippen LogP contribution in [0, 0.1) is 0 Å². The molecule has 0 saturated heterocycles. The van der Waals surface area contributed by atoms with Gasteiger partial charge in [-0.3, -0.25) is 4.79 Å². The fourth-order valence-electron chi connectivity index (χ4n) is 0.795. The first-order valence-corrected chi connectivity index (χ1v) is 4.74. The Morgan fingerprint density at radius 1 is 1.62 bits per heavy atom. The minimum atomic E-state index is -0.226. The number of nitrogens with zero attached hydrogens (tertiary/aromatic N) is 1. The van der Waals surface area contributed by atoms with Crippen LogP contribution in [0.1, 0.15) is 30.4 Å². The van der Waals surface area contributed by atoms with Crippen molar-refractivity contribution in [2.45, 2.75) is 26.3 Å². The summed E-state index contributed by atoms with van der Waals surface area (Å²) in [6.07, 6.45) is 1.49. The Morgan fingerprint density at radius 2 is 2.23 bits per heavy atom. The molecule has 0 aliphatic heterocycles. The number of amides is 1. The lowest BCUT2D eigenvalue weighted by Crippen LogP contribution is -2.40. The molecule has 0 unspecified atom stereocenters. The highest BCUT2D eigenvalue weighted by Crippen LogP contribution is 2.15. The third kappa shape index (κ3) is 3.02. The fourth-order valence-corrected chi connectivity index (χ4v) is 1.37. The molecule has 3 N–H and O–H groups in total. The van der Waals surface area contributed by atoms with Gasteiger partial charge in [0.15, 0.2) is 5.13 Å². The molecular formula is C8H13N3OS. The monoisotopic (exact) mass is 199 g/mol. The molecule has 0 bridgehead atoms. The summed E-state index contributed by atoms with van der Waals surface area (Å²) < 4.78 is 0. The van der Waals surface area contributed by atoms with E-state index in [1.54, 1.807) is 0 Å². The van der Waals surface area contributed by atoms with E-state index in [0.717, 1.165) is 0 Å². The van der Waals surface area contributed by atoms with E-state index in [2.05, 4.69) is 10.3 Å². The van der Waals surface area contributed by atoms with Crippen LogP contribution < -0.4 is 11.1 Å². The minimum Gasteiger partial charge on any atom is -0.375 e. The van der Waals surface area contributed by atoms with E-state index < -0.39 is 0 Å². The molecule has 0 radical (unpaired) electrons. The smallest absolute Gasteiger partial charge is 0.263 e. The summed E-state index contributed by atoms with van der Waals surface area (Å²) in [5.41, 5.74) is 5.18. The molecule has 0 atom stereocenters. The standard InChI is InChI=1S/C8H13N3OS/c1-8(2,3)11-6(12)5-4-10-7(9)13-5/h4H,1-3H3,(H2,9,10)(H,11,12). The Morgan fingerprint density at radius 3 is 2.62 bits per heavy atom. The Balaban J connectivity index is 2.70. The number of carbonyl (C=O) groups is 1. The molecule has 0 aliphatic carbocycles. The van der Waals surface area contributed by atoms with Crippen molar-refractivity contribution in [1.82, 2.24) is 10.3 Å². The van der Waals surface area contributed by atoms with Crippen LogP contribution in [0.4, 0.5) is 5.13 Å². The number of hydrogen-bond acceptors (Lipinski definition) is 4. The van der Waals surface area contributed by atoms with Crippen molar-refractivity contribution in [2.24, 2.45) is 0 Å². The fraction of sp³-hybridized carbons (Fsp3) is 0.500. The summed E-state index contributed by atoms with van der Waals surface area (Å²) in [6.45, 7) is 5.78.